The summed E-state index contributed by atoms with van der Waals surface area (Å²) in [5.74, 6) is -0.0721. The summed E-state index contributed by atoms with van der Waals surface area (Å²) in [5, 5.41) is 12.1. The first kappa shape index (κ1) is 11.6. The molecule has 0 fully saturated rings. The van der Waals surface area contributed by atoms with Gasteiger partial charge in [0.2, 0.25) is 0 Å². The highest BCUT2D eigenvalue weighted by Crippen LogP contribution is 2.32. The lowest BCUT2D eigenvalue weighted by Gasteiger charge is -2.13. The highest BCUT2D eigenvalue weighted by Gasteiger charge is 2.23. The van der Waals surface area contributed by atoms with Crippen LogP contribution in [0.3, 0.4) is 0 Å². The van der Waals surface area contributed by atoms with Crippen molar-refractivity contribution in [3.63, 3.8) is 0 Å². The third-order valence-corrected chi connectivity index (χ3v) is 3.19. The highest BCUT2D eigenvalue weighted by molar-refractivity contribution is 5.35. The summed E-state index contributed by atoms with van der Waals surface area (Å²) in [5.41, 5.74) is 1.99. The van der Waals surface area contributed by atoms with Crippen LogP contribution >= 0.6 is 0 Å². The van der Waals surface area contributed by atoms with Crippen molar-refractivity contribution in [3.8, 4) is 0 Å². The van der Waals surface area contributed by atoms with Gasteiger partial charge >= 0.3 is 0 Å². The quantitative estimate of drug-likeness (QED) is 0.750. The normalized spacial score (nSPS) is 18.8. The highest BCUT2D eigenvalue weighted by atomic mass is 19.1. The summed E-state index contributed by atoms with van der Waals surface area (Å²) < 4.78 is 13.4. The Kier molecular flexibility index (Phi) is 3.91. The minimum Gasteiger partial charge on any atom is -0.396 e. The zero-order valence-corrected chi connectivity index (χ0v) is 9.38. The Bertz CT molecular complexity index is 354. The number of rotatable bonds is 5. The molecule has 1 aromatic carbocycles. The Labute approximate surface area is 95.5 Å². The average Bonchev–Trinajstić information content (AvgIpc) is 2.70. The first-order valence-electron chi connectivity index (χ1n) is 5.94. The largest absolute Gasteiger partial charge is 0.396 e. The van der Waals surface area contributed by atoms with Crippen LogP contribution in [-0.2, 0) is 6.42 Å². The second-order valence-electron chi connectivity index (χ2n) is 4.28. The fraction of sp³-hybridized carbons (Fsp3) is 0.538. The van der Waals surface area contributed by atoms with E-state index in [4.69, 9.17) is 5.11 Å². The summed E-state index contributed by atoms with van der Waals surface area (Å²) in [6.07, 6.45) is 3.61. The minimum atomic E-state index is -0.0721. The maximum Gasteiger partial charge on any atom is 0.126 e. The fourth-order valence-electron chi connectivity index (χ4n) is 2.33. The van der Waals surface area contributed by atoms with E-state index in [1.807, 2.05) is 6.07 Å². The van der Waals surface area contributed by atoms with Crippen LogP contribution in [0.4, 0.5) is 4.39 Å². The van der Waals surface area contributed by atoms with Gasteiger partial charge in [0.1, 0.15) is 5.82 Å². The lowest BCUT2D eigenvalue weighted by Crippen LogP contribution is -2.20. The topological polar surface area (TPSA) is 32.3 Å². The van der Waals surface area contributed by atoms with Crippen LogP contribution in [0.25, 0.3) is 0 Å². The number of aliphatic hydroxyl groups excluding tert-OH is 1. The molecule has 16 heavy (non-hydrogen) atoms. The molecule has 1 aliphatic rings. The Morgan fingerprint density at radius 1 is 1.38 bits per heavy atom. The zero-order chi connectivity index (χ0) is 11.4. The Morgan fingerprint density at radius 2 is 2.25 bits per heavy atom. The lowest BCUT2D eigenvalue weighted by molar-refractivity contribution is 0.282. The van der Waals surface area contributed by atoms with Gasteiger partial charge in [-0.1, -0.05) is 12.1 Å². The molecule has 2 rings (SSSR count). The van der Waals surface area contributed by atoms with Crippen molar-refractivity contribution in [2.75, 3.05) is 13.2 Å². The maximum atomic E-state index is 13.4. The van der Waals surface area contributed by atoms with E-state index in [1.165, 1.54) is 6.07 Å². The molecule has 1 aliphatic carbocycles. The van der Waals surface area contributed by atoms with E-state index < -0.39 is 0 Å². The van der Waals surface area contributed by atoms with E-state index in [1.54, 1.807) is 6.07 Å². The zero-order valence-electron chi connectivity index (χ0n) is 9.38. The van der Waals surface area contributed by atoms with E-state index in [9.17, 15) is 4.39 Å². The molecule has 1 unspecified atom stereocenters. The SMILES string of the molecule is OCCCCNC1CCc2c(F)cccc21. The summed E-state index contributed by atoms with van der Waals surface area (Å²) in [7, 11) is 0. The van der Waals surface area contributed by atoms with E-state index in [-0.39, 0.29) is 12.4 Å². The molecule has 3 heteroatoms. The first-order chi connectivity index (χ1) is 7.83. The van der Waals surface area contributed by atoms with Gasteiger partial charge in [-0.2, -0.15) is 0 Å². The molecular weight excluding hydrogens is 205 g/mol. The van der Waals surface area contributed by atoms with Gasteiger partial charge in [0.05, 0.1) is 0 Å². The van der Waals surface area contributed by atoms with Gasteiger partial charge in [0.15, 0.2) is 0 Å². The monoisotopic (exact) mass is 223 g/mol. The van der Waals surface area contributed by atoms with Crippen LogP contribution in [0.15, 0.2) is 18.2 Å². The second-order valence-corrected chi connectivity index (χ2v) is 4.28. The Morgan fingerprint density at radius 3 is 3.06 bits per heavy atom. The molecule has 1 aromatic rings. The fourth-order valence-corrected chi connectivity index (χ4v) is 2.33. The minimum absolute atomic E-state index is 0.0721. The van der Waals surface area contributed by atoms with E-state index >= 15 is 0 Å². The number of hydrogen-bond acceptors (Lipinski definition) is 2. The molecule has 2 nitrogen and oxygen atoms in total. The molecule has 88 valence electrons. The third kappa shape index (κ3) is 2.42. The molecule has 0 aromatic heterocycles. The van der Waals surface area contributed by atoms with Crippen molar-refractivity contribution in [1.82, 2.24) is 5.32 Å². The Balaban J connectivity index is 1.93. The number of aliphatic hydroxyl groups is 1. The van der Waals surface area contributed by atoms with Crippen LogP contribution in [0.2, 0.25) is 0 Å². The van der Waals surface area contributed by atoms with Crippen molar-refractivity contribution in [2.45, 2.75) is 31.7 Å². The van der Waals surface area contributed by atoms with Crippen LogP contribution < -0.4 is 5.32 Å². The van der Waals surface area contributed by atoms with Crippen LogP contribution in [0.1, 0.15) is 36.4 Å². The number of fused-ring (bicyclic) bond motifs is 1. The molecule has 0 saturated carbocycles. The van der Waals surface area contributed by atoms with Crippen LogP contribution in [-0.4, -0.2) is 18.3 Å². The summed E-state index contributed by atoms with van der Waals surface area (Å²) >= 11 is 0. The molecule has 0 spiro atoms. The third-order valence-electron chi connectivity index (χ3n) is 3.19. The number of benzene rings is 1. The van der Waals surface area contributed by atoms with Crippen molar-refractivity contribution in [1.29, 1.82) is 0 Å². The average molecular weight is 223 g/mol. The van der Waals surface area contributed by atoms with Gasteiger partial charge < -0.3 is 10.4 Å². The molecule has 0 radical (unpaired) electrons. The lowest BCUT2D eigenvalue weighted by atomic mass is 10.1. The van der Waals surface area contributed by atoms with Crippen molar-refractivity contribution >= 4 is 0 Å². The van der Waals surface area contributed by atoms with E-state index in [0.717, 1.165) is 43.4 Å². The summed E-state index contributed by atoms with van der Waals surface area (Å²) in [4.78, 5) is 0. The smallest absolute Gasteiger partial charge is 0.126 e. The van der Waals surface area contributed by atoms with Gasteiger partial charge in [0, 0.05) is 12.6 Å². The molecule has 0 bridgehead atoms. The second kappa shape index (κ2) is 5.41. The molecular formula is C13H18FNO. The molecule has 0 amide bonds. The van der Waals surface area contributed by atoms with Gasteiger partial charge in [-0.3, -0.25) is 0 Å². The predicted octanol–water partition coefficient (Wildman–Crippen LogP) is 2.18. The molecule has 0 saturated heterocycles. The van der Waals surface area contributed by atoms with Gasteiger partial charge in [-0.05, 0) is 49.4 Å². The number of halogens is 1. The Hall–Kier alpha value is -0.930. The molecule has 0 heterocycles. The van der Waals surface area contributed by atoms with Crippen LogP contribution in [0, 0.1) is 5.82 Å². The maximum absolute atomic E-state index is 13.4. The number of hydrogen-bond donors (Lipinski definition) is 2. The first-order valence-corrected chi connectivity index (χ1v) is 5.94. The molecule has 2 N–H and O–H groups in total. The standard InChI is InChI=1S/C13H18FNO/c14-12-5-3-4-11-10(12)6-7-13(11)15-8-1-2-9-16/h3-5,13,15-16H,1-2,6-9H2. The van der Waals surface area contributed by atoms with Crippen molar-refractivity contribution < 1.29 is 9.50 Å². The summed E-state index contributed by atoms with van der Waals surface area (Å²) in [6, 6.07) is 5.62. The van der Waals surface area contributed by atoms with Gasteiger partial charge in [-0.15, -0.1) is 0 Å². The molecule has 1 atom stereocenters. The summed E-state index contributed by atoms with van der Waals surface area (Å²) in [6.45, 7) is 1.14. The van der Waals surface area contributed by atoms with Gasteiger partial charge in [-0.25, -0.2) is 4.39 Å². The predicted molar refractivity (Wildman–Crippen MR) is 61.8 cm³/mol. The van der Waals surface area contributed by atoms with Crippen molar-refractivity contribution in [3.05, 3.63) is 35.1 Å². The van der Waals surface area contributed by atoms with E-state index in [0.29, 0.717) is 6.04 Å². The van der Waals surface area contributed by atoms with Gasteiger partial charge in [0.25, 0.3) is 0 Å². The van der Waals surface area contributed by atoms with E-state index in [2.05, 4.69) is 5.32 Å². The number of nitrogens with one attached hydrogen (secondary N) is 1. The van der Waals surface area contributed by atoms with Crippen LogP contribution in [0.5, 0.6) is 0 Å². The van der Waals surface area contributed by atoms with Crippen molar-refractivity contribution in [2.24, 2.45) is 0 Å². The molecule has 0 aliphatic heterocycles. The number of unbranched alkanes of at least 4 members (excludes halogenated alkanes) is 1.